The number of hydrogen-bond acceptors (Lipinski definition) is 3. The van der Waals surface area contributed by atoms with Gasteiger partial charge >= 0.3 is 0 Å². The molecule has 1 aromatic carbocycles. The molecule has 0 spiro atoms. The van der Waals surface area contributed by atoms with Crippen molar-refractivity contribution in [3.8, 4) is 5.75 Å². The van der Waals surface area contributed by atoms with Gasteiger partial charge in [0, 0.05) is 39.3 Å². The number of nitrogens with one attached hydrogen (secondary N) is 1. The Bertz CT molecular complexity index is 610. The molecule has 5 nitrogen and oxygen atoms in total. The van der Waals surface area contributed by atoms with E-state index in [0.717, 1.165) is 56.9 Å². The SMILES string of the molecule is CCNC(=NCC1CCN(c2ccccc2OC)C1)N1CCCC(C)C1.I. The average molecular weight is 486 g/mol. The summed E-state index contributed by atoms with van der Waals surface area (Å²) in [6.45, 7) is 10.7. The zero-order valence-electron chi connectivity index (χ0n) is 17.0. The Balaban J connectivity index is 0.00000261. The molecule has 2 aliphatic rings. The largest absolute Gasteiger partial charge is 0.495 e. The van der Waals surface area contributed by atoms with Crippen molar-refractivity contribution in [1.29, 1.82) is 0 Å². The van der Waals surface area contributed by atoms with Crippen molar-refractivity contribution in [3.63, 3.8) is 0 Å². The van der Waals surface area contributed by atoms with Crippen LogP contribution < -0.4 is 15.0 Å². The Morgan fingerprint density at radius 3 is 2.78 bits per heavy atom. The molecule has 0 amide bonds. The number of para-hydroxylation sites is 2. The van der Waals surface area contributed by atoms with Gasteiger partial charge in [0.1, 0.15) is 5.75 Å². The number of piperidine rings is 1. The maximum Gasteiger partial charge on any atom is 0.193 e. The Morgan fingerprint density at radius 2 is 2.04 bits per heavy atom. The summed E-state index contributed by atoms with van der Waals surface area (Å²) in [7, 11) is 1.75. The number of benzene rings is 1. The van der Waals surface area contributed by atoms with Crippen LogP contribution in [0.1, 0.15) is 33.1 Å². The summed E-state index contributed by atoms with van der Waals surface area (Å²) in [6, 6.07) is 8.32. The topological polar surface area (TPSA) is 40.1 Å². The Kier molecular flexibility index (Phi) is 8.99. The number of rotatable bonds is 5. The van der Waals surface area contributed by atoms with Gasteiger partial charge in [-0.3, -0.25) is 4.99 Å². The Labute approximate surface area is 181 Å². The minimum atomic E-state index is 0. The molecule has 2 atom stereocenters. The van der Waals surface area contributed by atoms with Gasteiger partial charge in [0.2, 0.25) is 0 Å². The molecular formula is C21H35IN4O. The molecule has 2 saturated heterocycles. The Morgan fingerprint density at radius 1 is 1.22 bits per heavy atom. The van der Waals surface area contributed by atoms with E-state index in [-0.39, 0.29) is 24.0 Å². The highest BCUT2D eigenvalue weighted by Crippen LogP contribution is 2.32. The van der Waals surface area contributed by atoms with Gasteiger partial charge in [0.15, 0.2) is 5.96 Å². The van der Waals surface area contributed by atoms with Crippen LogP contribution in [0.2, 0.25) is 0 Å². The van der Waals surface area contributed by atoms with Crippen LogP contribution >= 0.6 is 24.0 Å². The molecule has 152 valence electrons. The molecule has 2 fully saturated rings. The first-order valence-electron chi connectivity index (χ1n) is 10.1. The second kappa shape index (κ2) is 11.0. The number of methoxy groups -OCH3 is 1. The first kappa shape index (κ1) is 22.1. The van der Waals surface area contributed by atoms with Crippen molar-refractivity contribution in [1.82, 2.24) is 10.2 Å². The van der Waals surface area contributed by atoms with Crippen LogP contribution in [-0.4, -0.2) is 57.2 Å². The van der Waals surface area contributed by atoms with Gasteiger partial charge in [-0.2, -0.15) is 0 Å². The highest BCUT2D eigenvalue weighted by atomic mass is 127. The highest BCUT2D eigenvalue weighted by molar-refractivity contribution is 14.0. The number of halogens is 1. The zero-order chi connectivity index (χ0) is 18.4. The number of aliphatic imine (C=N–C) groups is 1. The van der Waals surface area contributed by atoms with Crippen LogP contribution in [-0.2, 0) is 0 Å². The number of hydrogen-bond donors (Lipinski definition) is 1. The van der Waals surface area contributed by atoms with Crippen LogP contribution in [0.15, 0.2) is 29.3 Å². The normalized spacial score (nSPS) is 23.1. The third-order valence-corrected chi connectivity index (χ3v) is 5.50. The van der Waals surface area contributed by atoms with E-state index in [1.165, 1.54) is 24.9 Å². The van der Waals surface area contributed by atoms with Gasteiger partial charge in [0.25, 0.3) is 0 Å². The van der Waals surface area contributed by atoms with E-state index in [4.69, 9.17) is 9.73 Å². The fraction of sp³-hybridized carbons (Fsp3) is 0.667. The van der Waals surface area contributed by atoms with Gasteiger partial charge in [0.05, 0.1) is 12.8 Å². The number of ether oxygens (including phenoxy) is 1. The maximum atomic E-state index is 5.53. The van der Waals surface area contributed by atoms with E-state index in [9.17, 15) is 0 Å². The molecule has 0 aliphatic carbocycles. The molecule has 1 aromatic rings. The highest BCUT2D eigenvalue weighted by Gasteiger charge is 2.25. The number of anilines is 1. The van der Waals surface area contributed by atoms with Crippen molar-refractivity contribution in [3.05, 3.63) is 24.3 Å². The fourth-order valence-electron chi connectivity index (χ4n) is 4.11. The zero-order valence-corrected chi connectivity index (χ0v) is 19.3. The molecule has 2 heterocycles. The maximum absolute atomic E-state index is 5.53. The first-order chi connectivity index (χ1) is 12.7. The van der Waals surface area contributed by atoms with E-state index >= 15 is 0 Å². The molecule has 1 N–H and O–H groups in total. The third kappa shape index (κ3) is 5.90. The summed E-state index contributed by atoms with van der Waals surface area (Å²) in [5.74, 6) is 3.44. The second-order valence-corrected chi connectivity index (χ2v) is 7.66. The fourth-order valence-corrected chi connectivity index (χ4v) is 4.11. The molecule has 27 heavy (non-hydrogen) atoms. The molecule has 2 unspecified atom stereocenters. The summed E-state index contributed by atoms with van der Waals surface area (Å²) >= 11 is 0. The summed E-state index contributed by atoms with van der Waals surface area (Å²) in [4.78, 5) is 9.89. The predicted octanol–water partition coefficient (Wildman–Crippen LogP) is 3.84. The van der Waals surface area contributed by atoms with Gasteiger partial charge in [-0.15, -0.1) is 24.0 Å². The minimum Gasteiger partial charge on any atom is -0.495 e. The van der Waals surface area contributed by atoms with Gasteiger partial charge in [-0.25, -0.2) is 0 Å². The average Bonchev–Trinajstić information content (AvgIpc) is 3.14. The summed E-state index contributed by atoms with van der Waals surface area (Å²) in [5.41, 5.74) is 1.21. The smallest absolute Gasteiger partial charge is 0.193 e. The van der Waals surface area contributed by atoms with Crippen LogP contribution in [0.4, 0.5) is 5.69 Å². The van der Waals surface area contributed by atoms with Crippen LogP contribution in [0.5, 0.6) is 5.75 Å². The number of guanidine groups is 1. The van der Waals surface area contributed by atoms with Crippen molar-refractivity contribution < 1.29 is 4.74 Å². The third-order valence-electron chi connectivity index (χ3n) is 5.50. The molecular weight excluding hydrogens is 451 g/mol. The lowest BCUT2D eigenvalue weighted by Crippen LogP contribution is -2.46. The van der Waals surface area contributed by atoms with Gasteiger partial charge < -0.3 is 19.9 Å². The Hall–Kier alpha value is -1.18. The van der Waals surface area contributed by atoms with Crippen LogP contribution in [0, 0.1) is 11.8 Å². The van der Waals surface area contributed by atoms with Crippen molar-refractivity contribution in [2.45, 2.75) is 33.1 Å². The monoisotopic (exact) mass is 486 g/mol. The number of likely N-dealkylation sites (tertiary alicyclic amines) is 1. The standard InChI is InChI=1S/C21H34N4O.HI/c1-4-22-21(25-12-7-8-17(2)15-25)23-14-18-11-13-24(16-18)19-9-5-6-10-20(19)26-3;/h5-6,9-10,17-18H,4,7-8,11-16H2,1-3H3,(H,22,23);1H. The molecule has 6 heteroatoms. The number of nitrogens with zero attached hydrogens (tertiary/aromatic N) is 3. The van der Waals surface area contributed by atoms with Crippen LogP contribution in [0.3, 0.4) is 0 Å². The summed E-state index contributed by atoms with van der Waals surface area (Å²) < 4.78 is 5.53. The van der Waals surface area contributed by atoms with Crippen molar-refractivity contribution in [2.24, 2.45) is 16.8 Å². The van der Waals surface area contributed by atoms with Crippen LogP contribution in [0.25, 0.3) is 0 Å². The molecule has 0 saturated carbocycles. The molecule has 2 aliphatic heterocycles. The predicted molar refractivity (Wildman–Crippen MR) is 125 cm³/mol. The lowest BCUT2D eigenvalue weighted by atomic mass is 10.0. The second-order valence-electron chi connectivity index (χ2n) is 7.66. The molecule has 0 bridgehead atoms. The van der Waals surface area contributed by atoms with Gasteiger partial charge in [-0.1, -0.05) is 19.1 Å². The minimum absolute atomic E-state index is 0. The molecule has 0 aromatic heterocycles. The van der Waals surface area contributed by atoms with E-state index in [1.54, 1.807) is 7.11 Å². The molecule has 0 radical (unpaired) electrons. The van der Waals surface area contributed by atoms with Gasteiger partial charge in [-0.05, 0) is 50.2 Å². The van der Waals surface area contributed by atoms with E-state index < -0.39 is 0 Å². The lowest BCUT2D eigenvalue weighted by Gasteiger charge is -2.33. The first-order valence-corrected chi connectivity index (χ1v) is 10.1. The van der Waals surface area contributed by atoms with Crippen molar-refractivity contribution >= 4 is 35.6 Å². The van der Waals surface area contributed by atoms with E-state index in [0.29, 0.717) is 5.92 Å². The van der Waals surface area contributed by atoms with E-state index in [1.807, 2.05) is 12.1 Å². The lowest BCUT2D eigenvalue weighted by molar-refractivity contribution is 0.265. The quantitative estimate of drug-likeness (QED) is 0.390. The van der Waals surface area contributed by atoms with E-state index in [2.05, 4.69) is 41.1 Å². The summed E-state index contributed by atoms with van der Waals surface area (Å²) in [5, 5.41) is 3.50. The summed E-state index contributed by atoms with van der Waals surface area (Å²) in [6.07, 6.45) is 3.81. The molecule has 3 rings (SSSR count). The van der Waals surface area contributed by atoms with Crippen molar-refractivity contribution in [2.75, 3.05) is 51.3 Å².